The second-order valence-electron chi connectivity index (χ2n) is 4.60. The lowest BCUT2D eigenvalue weighted by Crippen LogP contribution is -2.20. The topological polar surface area (TPSA) is 30.5 Å². The lowest BCUT2D eigenvalue weighted by molar-refractivity contribution is 0.0465. The highest BCUT2D eigenvalue weighted by molar-refractivity contribution is 5.28. The van der Waals surface area contributed by atoms with Crippen molar-refractivity contribution in [2.24, 2.45) is 5.92 Å². The summed E-state index contributed by atoms with van der Waals surface area (Å²) in [7, 11) is 3.64. The highest BCUT2D eigenvalue weighted by Crippen LogP contribution is 2.31. The maximum atomic E-state index is 5.96. The first-order chi connectivity index (χ1) is 8.33. The minimum atomic E-state index is 0.145. The first-order valence-corrected chi connectivity index (χ1v) is 6.23. The van der Waals surface area contributed by atoms with Crippen molar-refractivity contribution in [1.82, 2.24) is 5.32 Å². The Kier molecular flexibility index (Phi) is 4.40. The van der Waals surface area contributed by atoms with Crippen LogP contribution in [0.15, 0.2) is 24.3 Å². The number of hydrogen-bond acceptors (Lipinski definition) is 3. The zero-order valence-electron chi connectivity index (χ0n) is 10.6. The predicted octanol–water partition coefficient (Wildman–Crippen LogP) is 2.38. The van der Waals surface area contributed by atoms with Gasteiger partial charge in [0.2, 0.25) is 0 Å². The first-order valence-electron chi connectivity index (χ1n) is 6.23. The van der Waals surface area contributed by atoms with E-state index in [4.69, 9.17) is 9.47 Å². The van der Waals surface area contributed by atoms with Crippen molar-refractivity contribution in [3.8, 4) is 5.75 Å². The number of nitrogens with one attached hydrogen (secondary N) is 1. The molecule has 1 fully saturated rings. The van der Waals surface area contributed by atoms with Gasteiger partial charge < -0.3 is 14.8 Å². The molecular weight excluding hydrogens is 214 g/mol. The molecule has 1 aliphatic carbocycles. The van der Waals surface area contributed by atoms with Gasteiger partial charge in [-0.25, -0.2) is 0 Å². The molecule has 1 atom stereocenters. The molecule has 0 aromatic heterocycles. The van der Waals surface area contributed by atoms with E-state index >= 15 is 0 Å². The molecule has 94 valence electrons. The molecular formula is C14H21NO2. The van der Waals surface area contributed by atoms with Gasteiger partial charge in [-0.2, -0.15) is 0 Å². The average molecular weight is 235 g/mol. The summed E-state index contributed by atoms with van der Waals surface area (Å²) >= 11 is 0. The van der Waals surface area contributed by atoms with E-state index < -0.39 is 0 Å². The van der Waals surface area contributed by atoms with E-state index in [1.165, 1.54) is 18.4 Å². The summed E-state index contributed by atoms with van der Waals surface area (Å²) in [6.07, 6.45) is 2.80. The number of ether oxygens (including phenoxy) is 2. The molecule has 1 saturated carbocycles. The van der Waals surface area contributed by atoms with Crippen LogP contribution in [-0.4, -0.2) is 27.3 Å². The van der Waals surface area contributed by atoms with Crippen molar-refractivity contribution in [3.05, 3.63) is 29.8 Å². The standard InChI is InChI=1S/C14H21NO2/c1-15-9-14(17-10-11-3-4-11)12-5-7-13(16-2)8-6-12/h5-8,11,14-15H,3-4,9-10H2,1-2H3. The Balaban J connectivity index is 1.96. The molecule has 1 unspecified atom stereocenters. The summed E-state index contributed by atoms with van der Waals surface area (Å²) in [4.78, 5) is 0. The third-order valence-corrected chi connectivity index (χ3v) is 3.11. The van der Waals surface area contributed by atoms with Crippen molar-refractivity contribution >= 4 is 0 Å². The van der Waals surface area contributed by atoms with Crippen molar-refractivity contribution < 1.29 is 9.47 Å². The minimum Gasteiger partial charge on any atom is -0.497 e. The average Bonchev–Trinajstić information content (AvgIpc) is 3.19. The predicted molar refractivity (Wildman–Crippen MR) is 68.3 cm³/mol. The Morgan fingerprint density at radius 3 is 2.53 bits per heavy atom. The van der Waals surface area contributed by atoms with Crippen LogP contribution in [0.3, 0.4) is 0 Å². The van der Waals surface area contributed by atoms with E-state index in [2.05, 4.69) is 17.4 Å². The molecule has 1 N–H and O–H groups in total. The van der Waals surface area contributed by atoms with Crippen LogP contribution in [0.5, 0.6) is 5.75 Å². The maximum Gasteiger partial charge on any atom is 0.118 e. The van der Waals surface area contributed by atoms with Gasteiger partial charge in [-0.15, -0.1) is 0 Å². The fraction of sp³-hybridized carbons (Fsp3) is 0.571. The van der Waals surface area contributed by atoms with Crippen LogP contribution < -0.4 is 10.1 Å². The lowest BCUT2D eigenvalue weighted by Gasteiger charge is -2.18. The fourth-order valence-electron chi connectivity index (χ4n) is 1.81. The molecule has 0 heterocycles. The molecule has 0 aliphatic heterocycles. The normalized spacial score (nSPS) is 16.8. The van der Waals surface area contributed by atoms with Crippen LogP contribution in [0.1, 0.15) is 24.5 Å². The van der Waals surface area contributed by atoms with Gasteiger partial charge in [-0.3, -0.25) is 0 Å². The van der Waals surface area contributed by atoms with E-state index in [-0.39, 0.29) is 6.10 Å². The number of benzene rings is 1. The molecule has 0 amide bonds. The highest BCUT2D eigenvalue weighted by atomic mass is 16.5. The van der Waals surface area contributed by atoms with Gasteiger partial charge in [-0.1, -0.05) is 12.1 Å². The second kappa shape index (κ2) is 6.03. The third kappa shape index (κ3) is 3.72. The molecule has 3 nitrogen and oxygen atoms in total. The van der Waals surface area contributed by atoms with E-state index in [9.17, 15) is 0 Å². The van der Waals surface area contributed by atoms with E-state index in [1.54, 1.807) is 7.11 Å². The Morgan fingerprint density at radius 1 is 1.29 bits per heavy atom. The first kappa shape index (κ1) is 12.4. The van der Waals surface area contributed by atoms with Crippen molar-refractivity contribution in [2.75, 3.05) is 27.3 Å². The molecule has 0 saturated heterocycles. The van der Waals surface area contributed by atoms with Crippen LogP contribution in [0.25, 0.3) is 0 Å². The molecule has 0 bridgehead atoms. The Labute approximate surface area is 103 Å². The SMILES string of the molecule is CNCC(OCC1CC1)c1ccc(OC)cc1. The summed E-state index contributed by atoms with van der Waals surface area (Å²) < 4.78 is 11.1. The third-order valence-electron chi connectivity index (χ3n) is 3.11. The number of methoxy groups -OCH3 is 1. The Morgan fingerprint density at radius 2 is 2.00 bits per heavy atom. The zero-order valence-corrected chi connectivity index (χ0v) is 10.6. The zero-order chi connectivity index (χ0) is 12.1. The van der Waals surface area contributed by atoms with Gasteiger partial charge in [0.15, 0.2) is 0 Å². The van der Waals surface area contributed by atoms with Crippen LogP contribution >= 0.6 is 0 Å². The highest BCUT2D eigenvalue weighted by Gasteiger charge is 2.23. The van der Waals surface area contributed by atoms with Crippen molar-refractivity contribution in [2.45, 2.75) is 18.9 Å². The summed E-state index contributed by atoms with van der Waals surface area (Å²) in [6, 6.07) is 8.12. The smallest absolute Gasteiger partial charge is 0.118 e. The van der Waals surface area contributed by atoms with Crippen LogP contribution in [0.2, 0.25) is 0 Å². The lowest BCUT2D eigenvalue weighted by atomic mass is 10.1. The van der Waals surface area contributed by atoms with E-state index in [0.29, 0.717) is 0 Å². The van der Waals surface area contributed by atoms with Gasteiger partial charge >= 0.3 is 0 Å². The van der Waals surface area contributed by atoms with Crippen LogP contribution in [-0.2, 0) is 4.74 Å². The monoisotopic (exact) mass is 235 g/mol. The summed E-state index contributed by atoms with van der Waals surface area (Å²) in [5.74, 6) is 1.69. The Bertz CT molecular complexity index is 333. The van der Waals surface area contributed by atoms with Gasteiger partial charge in [0, 0.05) is 6.54 Å². The van der Waals surface area contributed by atoms with E-state index in [1.807, 2.05) is 19.2 Å². The summed E-state index contributed by atoms with van der Waals surface area (Å²) in [5, 5.41) is 3.18. The molecule has 1 aliphatic rings. The molecule has 0 spiro atoms. The molecule has 2 rings (SSSR count). The number of rotatable bonds is 7. The number of likely N-dealkylation sites (N-methyl/N-ethyl adjacent to an activating group) is 1. The molecule has 1 aromatic rings. The van der Waals surface area contributed by atoms with Gasteiger partial charge in [0.1, 0.15) is 5.75 Å². The second-order valence-corrected chi connectivity index (χ2v) is 4.60. The van der Waals surface area contributed by atoms with Gasteiger partial charge in [0.05, 0.1) is 19.8 Å². The molecule has 0 radical (unpaired) electrons. The van der Waals surface area contributed by atoms with Crippen molar-refractivity contribution in [1.29, 1.82) is 0 Å². The van der Waals surface area contributed by atoms with Crippen LogP contribution in [0.4, 0.5) is 0 Å². The number of hydrogen-bond donors (Lipinski definition) is 1. The summed E-state index contributed by atoms with van der Waals surface area (Å²) in [5.41, 5.74) is 1.21. The van der Waals surface area contributed by atoms with Gasteiger partial charge in [-0.05, 0) is 43.5 Å². The Hall–Kier alpha value is -1.06. The largest absolute Gasteiger partial charge is 0.497 e. The van der Waals surface area contributed by atoms with Crippen molar-refractivity contribution in [3.63, 3.8) is 0 Å². The fourth-order valence-corrected chi connectivity index (χ4v) is 1.81. The molecule has 17 heavy (non-hydrogen) atoms. The molecule has 3 heteroatoms. The van der Waals surface area contributed by atoms with E-state index in [0.717, 1.165) is 24.8 Å². The minimum absolute atomic E-state index is 0.145. The van der Waals surface area contributed by atoms with Crippen LogP contribution in [0, 0.1) is 5.92 Å². The summed E-state index contributed by atoms with van der Waals surface area (Å²) in [6.45, 7) is 1.73. The molecule has 1 aromatic carbocycles. The van der Waals surface area contributed by atoms with Gasteiger partial charge in [0.25, 0.3) is 0 Å². The maximum absolute atomic E-state index is 5.96. The quantitative estimate of drug-likeness (QED) is 0.787.